The van der Waals surface area contributed by atoms with Crippen LogP contribution in [0.25, 0.3) is 21.1 Å². The molecule has 0 amide bonds. The minimum Gasteiger partial charge on any atom is -0.345 e. The van der Waals surface area contributed by atoms with E-state index in [0.717, 1.165) is 47.7 Å². The van der Waals surface area contributed by atoms with E-state index < -0.39 is 0 Å². The number of anilines is 1. The molecular formula is C16H18N4OS. The Kier molecular flexibility index (Phi) is 3.16. The number of fused-ring (bicyclic) bond motifs is 3. The highest BCUT2D eigenvalue weighted by molar-refractivity contribution is 7.23. The molecule has 0 atom stereocenters. The Morgan fingerprint density at radius 2 is 1.82 bits per heavy atom. The zero-order chi connectivity index (χ0) is 15.3. The van der Waals surface area contributed by atoms with E-state index in [2.05, 4.69) is 16.8 Å². The predicted octanol–water partition coefficient (Wildman–Crippen LogP) is 1.90. The quantitative estimate of drug-likeness (QED) is 0.688. The van der Waals surface area contributed by atoms with Crippen LogP contribution in [0.5, 0.6) is 0 Å². The highest BCUT2D eigenvalue weighted by Gasteiger charge is 2.18. The summed E-state index contributed by atoms with van der Waals surface area (Å²) in [4.78, 5) is 21.3. The maximum atomic E-state index is 11.8. The molecule has 4 rings (SSSR count). The van der Waals surface area contributed by atoms with Gasteiger partial charge in [0.05, 0.1) is 15.7 Å². The average molecular weight is 314 g/mol. The molecule has 1 aromatic carbocycles. The molecule has 1 aliphatic heterocycles. The molecular weight excluding hydrogens is 296 g/mol. The molecule has 6 heteroatoms. The summed E-state index contributed by atoms with van der Waals surface area (Å²) in [5.41, 5.74) is 2.01. The van der Waals surface area contributed by atoms with Crippen molar-refractivity contribution in [2.45, 2.75) is 0 Å². The molecule has 5 nitrogen and oxygen atoms in total. The van der Waals surface area contributed by atoms with Crippen LogP contribution in [0.2, 0.25) is 0 Å². The summed E-state index contributed by atoms with van der Waals surface area (Å²) in [5, 5.41) is 2.20. The van der Waals surface area contributed by atoms with Crippen molar-refractivity contribution in [3.8, 4) is 0 Å². The topological polar surface area (TPSA) is 41.4 Å². The lowest BCUT2D eigenvalue weighted by molar-refractivity contribution is 0.313. The van der Waals surface area contributed by atoms with Crippen LogP contribution in [-0.4, -0.2) is 47.7 Å². The third-order valence-corrected chi connectivity index (χ3v) is 5.59. The van der Waals surface area contributed by atoms with Crippen LogP contribution < -0.4 is 10.5 Å². The van der Waals surface area contributed by atoms with Gasteiger partial charge in [-0.2, -0.15) is 0 Å². The first-order valence-electron chi connectivity index (χ1n) is 7.46. The van der Waals surface area contributed by atoms with Crippen LogP contribution in [0.4, 0.5) is 5.13 Å². The van der Waals surface area contributed by atoms with Gasteiger partial charge in [-0.05, 0) is 25.2 Å². The second-order valence-electron chi connectivity index (χ2n) is 5.86. The van der Waals surface area contributed by atoms with Crippen LogP contribution >= 0.6 is 11.3 Å². The number of nitrogens with zero attached hydrogens (tertiary/aromatic N) is 4. The van der Waals surface area contributed by atoms with Gasteiger partial charge in [-0.25, -0.2) is 4.98 Å². The lowest BCUT2D eigenvalue weighted by atomic mass is 10.2. The molecule has 0 bridgehead atoms. The van der Waals surface area contributed by atoms with Crippen molar-refractivity contribution < 1.29 is 0 Å². The van der Waals surface area contributed by atoms with Crippen molar-refractivity contribution in [1.29, 1.82) is 0 Å². The molecule has 1 fully saturated rings. The average Bonchev–Trinajstić information content (AvgIpc) is 2.96. The second kappa shape index (κ2) is 5.07. The second-order valence-corrected chi connectivity index (χ2v) is 6.84. The summed E-state index contributed by atoms with van der Waals surface area (Å²) in [7, 11) is 3.97. The molecule has 0 spiro atoms. The lowest BCUT2D eigenvalue weighted by Gasteiger charge is -2.32. The van der Waals surface area contributed by atoms with E-state index in [1.807, 2.05) is 25.2 Å². The van der Waals surface area contributed by atoms with Crippen molar-refractivity contribution in [2.24, 2.45) is 7.05 Å². The number of benzene rings is 1. The number of aryl methyl sites for hydroxylation is 1. The number of hydrogen-bond donors (Lipinski definition) is 0. The number of pyridine rings is 1. The number of rotatable bonds is 1. The molecule has 0 radical (unpaired) electrons. The Labute approximate surface area is 132 Å². The summed E-state index contributed by atoms with van der Waals surface area (Å²) in [6.45, 7) is 4.19. The lowest BCUT2D eigenvalue weighted by Crippen LogP contribution is -2.44. The minimum atomic E-state index is 0.0238. The van der Waals surface area contributed by atoms with E-state index in [9.17, 15) is 4.79 Å². The molecule has 3 aromatic rings. The van der Waals surface area contributed by atoms with Crippen molar-refractivity contribution in [1.82, 2.24) is 14.5 Å². The SMILES string of the molecule is CN1CCN(c2nc3ccc4c(ccc(=O)n4C)c3s2)CC1. The number of piperazine rings is 1. The van der Waals surface area contributed by atoms with E-state index in [1.165, 1.54) is 4.70 Å². The zero-order valence-corrected chi connectivity index (χ0v) is 13.6. The molecule has 2 aromatic heterocycles. The molecule has 3 heterocycles. The summed E-state index contributed by atoms with van der Waals surface area (Å²) >= 11 is 1.73. The fourth-order valence-electron chi connectivity index (χ4n) is 2.96. The normalized spacial score (nSPS) is 16.7. The maximum absolute atomic E-state index is 11.8. The monoisotopic (exact) mass is 314 g/mol. The standard InChI is InChI=1S/C16H18N4OS/c1-18-7-9-20(10-8-18)16-17-12-4-5-13-11(15(12)22-16)3-6-14(21)19(13)2/h3-6H,7-10H2,1-2H3. The Morgan fingerprint density at radius 1 is 1.05 bits per heavy atom. The molecule has 0 unspecified atom stereocenters. The maximum Gasteiger partial charge on any atom is 0.250 e. The molecule has 22 heavy (non-hydrogen) atoms. The summed E-state index contributed by atoms with van der Waals surface area (Å²) in [5.74, 6) is 0. The third kappa shape index (κ3) is 2.10. The van der Waals surface area contributed by atoms with E-state index in [1.54, 1.807) is 22.0 Å². The van der Waals surface area contributed by atoms with Gasteiger partial charge < -0.3 is 14.4 Å². The van der Waals surface area contributed by atoms with Gasteiger partial charge in [0.1, 0.15) is 0 Å². The summed E-state index contributed by atoms with van der Waals surface area (Å²) in [6, 6.07) is 7.57. The van der Waals surface area contributed by atoms with Crippen LogP contribution in [0.15, 0.2) is 29.1 Å². The first-order chi connectivity index (χ1) is 10.6. The first-order valence-corrected chi connectivity index (χ1v) is 8.28. The van der Waals surface area contributed by atoms with Gasteiger partial charge in [0.15, 0.2) is 5.13 Å². The Bertz CT molecular complexity index is 906. The third-order valence-electron chi connectivity index (χ3n) is 4.42. The van der Waals surface area contributed by atoms with Gasteiger partial charge in [-0.15, -0.1) is 0 Å². The molecule has 0 aliphatic carbocycles. The van der Waals surface area contributed by atoms with Crippen LogP contribution in [0.3, 0.4) is 0 Å². The van der Waals surface area contributed by atoms with Gasteiger partial charge in [0, 0.05) is 44.7 Å². The predicted molar refractivity (Wildman–Crippen MR) is 92.1 cm³/mol. The highest BCUT2D eigenvalue weighted by atomic mass is 32.1. The molecule has 1 saturated heterocycles. The van der Waals surface area contributed by atoms with Crippen molar-refractivity contribution in [3.63, 3.8) is 0 Å². The van der Waals surface area contributed by atoms with Crippen molar-refractivity contribution >= 4 is 37.6 Å². The van der Waals surface area contributed by atoms with Gasteiger partial charge in [-0.1, -0.05) is 11.3 Å². The first kappa shape index (κ1) is 13.7. The Hall–Kier alpha value is -1.92. The van der Waals surface area contributed by atoms with Crippen LogP contribution in [0, 0.1) is 0 Å². The smallest absolute Gasteiger partial charge is 0.250 e. The van der Waals surface area contributed by atoms with E-state index in [-0.39, 0.29) is 5.56 Å². The van der Waals surface area contributed by atoms with Gasteiger partial charge in [0.25, 0.3) is 5.56 Å². The number of likely N-dealkylation sites (N-methyl/N-ethyl adjacent to an activating group) is 1. The minimum absolute atomic E-state index is 0.0238. The van der Waals surface area contributed by atoms with Crippen LogP contribution in [0.1, 0.15) is 0 Å². The van der Waals surface area contributed by atoms with Gasteiger partial charge in [-0.3, -0.25) is 4.79 Å². The molecule has 0 N–H and O–H groups in total. The fourth-order valence-corrected chi connectivity index (χ4v) is 4.10. The molecule has 114 valence electrons. The van der Waals surface area contributed by atoms with E-state index >= 15 is 0 Å². The van der Waals surface area contributed by atoms with Crippen molar-refractivity contribution in [2.75, 3.05) is 38.1 Å². The van der Waals surface area contributed by atoms with Gasteiger partial charge >= 0.3 is 0 Å². The van der Waals surface area contributed by atoms with E-state index in [0.29, 0.717) is 0 Å². The Morgan fingerprint density at radius 3 is 2.59 bits per heavy atom. The summed E-state index contributed by atoms with van der Waals surface area (Å²) in [6.07, 6.45) is 0. The highest BCUT2D eigenvalue weighted by Crippen LogP contribution is 2.34. The summed E-state index contributed by atoms with van der Waals surface area (Å²) < 4.78 is 2.87. The molecule has 1 aliphatic rings. The molecule has 0 saturated carbocycles. The van der Waals surface area contributed by atoms with Gasteiger partial charge in [0.2, 0.25) is 0 Å². The van der Waals surface area contributed by atoms with Crippen molar-refractivity contribution in [3.05, 3.63) is 34.6 Å². The largest absolute Gasteiger partial charge is 0.345 e. The number of hydrogen-bond acceptors (Lipinski definition) is 5. The van der Waals surface area contributed by atoms with Crippen LogP contribution in [-0.2, 0) is 7.05 Å². The Balaban J connectivity index is 1.85. The zero-order valence-electron chi connectivity index (χ0n) is 12.7. The fraction of sp³-hybridized carbons (Fsp3) is 0.375. The van der Waals surface area contributed by atoms with E-state index in [4.69, 9.17) is 4.98 Å². The number of aromatic nitrogens is 2. The number of thiazole rings is 1.